The summed E-state index contributed by atoms with van der Waals surface area (Å²) >= 11 is 0. The lowest BCUT2D eigenvalue weighted by Crippen LogP contribution is -2.31. The predicted molar refractivity (Wildman–Crippen MR) is 111 cm³/mol. The number of rotatable bonds is 4. The van der Waals surface area contributed by atoms with Gasteiger partial charge in [-0.3, -0.25) is 9.36 Å². The Morgan fingerprint density at radius 3 is 2.60 bits per heavy atom. The second-order valence-electron chi connectivity index (χ2n) is 7.94. The Labute approximate surface area is 171 Å². The van der Waals surface area contributed by atoms with E-state index in [1.165, 1.54) is 26.7 Å². The number of aryl methyl sites for hydroxylation is 2. The lowest BCUT2D eigenvalue weighted by molar-refractivity contribution is 0.233. The SMILES string of the molecule is Cc1ccc(C2CC(n3nc(Cn4cnc5nccc(C)c5c4=O)oc3=O)C2)cc1. The summed E-state index contributed by atoms with van der Waals surface area (Å²) in [5.74, 6) is 0.131. The first-order valence-electron chi connectivity index (χ1n) is 9.95. The van der Waals surface area contributed by atoms with Gasteiger partial charge in [-0.15, -0.1) is 5.10 Å². The molecule has 0 N–H and O–H groups in total. The minimum absolute atomic E-state index is 0.0131. The van der Waals surface area contributed by atoms with Gasteiger partial charge in [0.1, 0.15) is 12.9 Å². The van der Waals surface area contributed by atoms with Crippen molar-refractivity contribution in [3.8, 4) is 0 Å². The molecule has 0 aliphatic heterocycles. The third-order valence-electron chi connectivity index (χ3n) is 5.86. The molecule has 1 fully saturated rings. The van der Waals surface area contributed by atoms with E-state index >= 15 is 0 Å². The summed E-state index contributed by atoms with van der Waals surface area (Å²) in [6.45, 7) is 3.96. The van der Waals surface area contributed by atoms with Crippen molar-refractivity contribution in [2.45, 2.75) is 45.2 Å². The fourth-order valence-corrected chi connectivity index (χ4v) is 4.01. The fraction of sp³-hybridized carbons (Fsp3) is 0.318. The molecule has 0 unspecified atom stereocenters. The third-order valence-corrected chi connectivity index (χ3v) is 5.86. The van der Waals surface area contributed by atoms with Gasteiger partial charge < -0.3 is 4.42 Å². The summed E-state index contributed by atoms with van der Waals surface area (Å²) in [6, 6.07) is 10.3. The van der Waals surface area contributed by atoms with Crippen LogP contribution in [0.25, 0.3) is 11.0 Å². The summed E-state index contributed by atoms with van der Waals surface area (Å²) < 4.78 is 8.12. The normalized spacial score (nSPS) is 18.5. The van der Waals surface area contributed by atoms with E-state index in [1.807, 2.05) is 6.92 Å². The molecule has 3 aromatic heterocycles. The van der Waals surface area contributed by atoms with Gasteiger partial charge >= 0.3 is 5.76 Å². The monoisotopic (exact) mass is 403 g/mol. The van der Waals surface area contributed by atoms with Crippen LogP contribution in [0.15, 0.2) is 56.9 Å². The van der Waals surface area contributed by atoms with Gasteiger partial charge in [0.05, 0.1) is 11.4 Å². The predicted octanol–water partition coefficient (Wildman–Crippen LogP) is 2.73. The summed E-state index contributed by atoms with van der Waals surface area (Å²) in [6.07, 6.45) is 4.72. The molecule has 0 bridgehead atoms. The largest absolute Gasteiger partial charge is 0.437 e. The third kappa shape index (κ3) is 3.14. The van der Waals surface area contributed by atoms with Crippen molar-refractivity contribution in [1.29, 1.82) is 0 Å². The van der Waals surface area contributed by atoms with Gasteiger partial charge in [0.15, 0.2) is 5.65 Å². The molecule has 5 rings (SSSR count). The number of benzene rings is 1. The first-order chi connectivity index (χ1) is 14.5. The van der Waals surface area contributed by atoms with Crippen LogP contribution in [-0.2, 0) is 6.54 Å². The van der Waals surface area contributed by atoms with Crippen molar-refractivity contribution in [3.63, 3.8) is 0 Å². The van der Waals surface area contributed by atoms with E-state index in [9.17, 15) is 9.59 Å². The average Bonchev–Trinajstić information content (AvgIpc) is 3.04. The van der Waals surface area contributed by atoms with E-state index in [-0.39, 0.29) is 24.0 Å². The van der Waals surface area contributed by atoms with Crippen LogP contribution >= 0.6 is 0 Å². The topological polar surface area (TPSA) is 95.8 Å². The smallest absolute Gasteiger partial charge is 0.390 e. The molecule has 1 aliphatic carbocycles. The van der Waals surface area contributed by atoms with E-state index in [4.69, 9.17) is 4.42 Å². The molecule has 1 aromatic carbocycles. The van der Waals surface area contributed by atoms with Gasteiger partial charge in [0, 0.05) is 6.20 Å². The number of aromatic nitrogens is 5. The van der Waals surface area contributed by atoms with Crippen LogP contribution in [-0.4, -0.2) is 24.3 Å². The molecular formula is C22H21N5O3. The quantitative estimate of drug-likeness (QED) is 0.520. The zero-order valence-electron chi connectivity index (χ0n) is 16.8. The lowest BCUT2D eigenvalue weighted by Gasteiger charge is -2.34. The molecule has 1 aliphatic rings. The molecule has 0 radical (unpaired) electrons. The number of hydrogen-bond donors (Lipinski definition) is 0. The number of fused-ring (bicyclic) bond motifs is 1. The van der Waals surface area contributed by atoms with Crippen molar-refractivity contribution < 1.29 is 4.42 Å². The van der Waals surface area contributed by atoms with Crippen molar-refractivity contribution >= 4 is 11.0 Å². The van der Waals surface area contributed by atoms with Crippen LogP contribution in [0, 0.1) is 13.8 Å². The first kappa shape index (κ1) is 18.5. The van der Waals surface area contributed by atoms with Gasteiger partial charge in [0.25, 0.3) is 5.56 Å². The molecular weight excluding hydrogens is 382 g/mol. The standard InChI is InChI=1S/C22H21N5O3/c1-13-3-5-15(6-4-13)16-9-17(10-16)27-22(29)30-18(25-27)11-26-12-24-20-19(21(26)28)14(2)7-8-23-20/h3-8,12,16-17H,9-11H2,1-2H3. The van der Waals surface area contributed by atoms with Crippen molar-refractivity contribution in [2.75, 3.05) is 0 Å². The van der Waals surface area contributed by atoms with Crippen LogP contribution in [0.1, 0.15) is 47.4 Å². The van der Waals surface area contributed by atoms with Gasteiger partial charge in [-0.2, -0.15) is 4.68 Å². The zero-order chi connectivity index (χ0) is 20.8. The highest BCUT2D eigenvalue weighted by Gasteiger charge is 2.34. The molecule has 30 heavy (non-hydrogen) atoms. The molecule has 152 valence electrons. The average molecular weight is 403 g/mol. The van der Waals surface area contributed by atoms with E-state index in [0.29, 0.717) is 17.0 Å². The van der Waals surface area contributed by atoms with Crippen molar-refractivity contribution in [2.24, 2.45) is 0 Å². The Morgan fingerprint density at radius 2 is 1.83 bits per heavy atom. The second-order valence-corrected chi connectivity index (χ2v) is 7.94. The highest BCUT2D eigenvalue weighted by molar-refractivity contribution is 5.76. The maximum Gasteiger partial charge on any atom is 0.437 e. The highest BCUT2D eigenvalue weighted by atomic mass is 16.4. The fourth-order valence-electron chi connectivity index (χ4n) is 4.01. The van der Waals surface area contributed by atoms with Crippen LogP contribution < -0.4 is 11.3 Å². The van der Waals surface area contributed by atoms with E-state index in [2.05, 4.69) is 46.3 Å². The number of nitrogens with zero attached hydrogens (tertiary/aromatic N) is 5. The van der Waals surface area contributed by atoms with Gasteiger partial charge in [0.2, 0.25) is 5.89 Å². The van der Waals surface area contributed by atoms with Gasteiger partial charge in [-0.25, -0.2) is 14.8 Å². The Kier molecular flexibility index (Phi) is 4.34. The van der Waals surface area contributed by atoms with E-state index < -0.39 is 5.76 Å². The minimum Gasteiger partial charge on any atom is -0.390 e. The molecule has 1 saturated carbocycles. The van der Waals surface area contributed by atoms with Crippen LogP contribution in [0.5, 0.6) is 0 Å². The van der Waals surface area contributed by atoms with Gasteiger partial charge in [-0.1, -0.05) is 29.8 Å². The van der Waals surface area contributed by atoms with Crippen molar-refractivity contribution in [1.82, 2.24) is 24.3 Å². The summed E-state index contributed by atoms with van der Waals surface area (Å²) in [5.41, 5.74) is 3.49. The van der Waals surface area contributed by atoms with Crippen LogP contribution in [0.4, 0.5) is 0 Å². The lowest BCUT2D eigenvalue weighted by atomic mass is 9.76. The molecule has 0 saturated heterocycles. The number of hydrogen-bond acceptors (Lipinski definition) is 6. The highest BCUT2D eigenvalue weighted by Crippen LogP contribution is 2.43. The Morgan fingerprint density at radius 1 is 1.07 bits per heavy atom. The Balaban J connectivity index is 1.36. The molecule has 4 aromatic rings. The Bertz CT molecular complexity index is 1340. The minimum atomic E-state index is -0.489. The molecule has 0 spiro atoms. The molecule has 8 heteroatoms. The molecule has 0 amide bonds. The zero-order valence-corrected chi connectivity index (χ0v) is 16.8. The van der Waals surface area contributed by atoms with E-state index in [1.54, 1.807) is 12.3 Å². The molecule has 3 heterocycles. The Hall–Kier alpha value is -3.55. The molecule has 8 nitrogen and oxygen atoms in total. The van der Waals surface area contributed by atoms with E-state index in [0.717, 1.165) is 18.4 Å². The van der Waals surface area contributed by atoms with Crippen molar-refractivity contribution in [3.05, 3.63) is 86.3 Å². The van der Waals surface area contributed by atoms with Crippen LogP contribution in [0.3, 0.4) is 0 Å². The van der Waals surface area contributed by atoms with Crippen LogP contribution in [0.2, 0.25) is 0 Å². The first-order valence-corrected chi connectivity index (χ1v) is 9.95. The maximum absolute atomic E-state index is 12.8. The number of pyridine rings is 1. The van der Waals surface area contributed by atoms with Gasteiger partial charge in [-0.05, 0) is 49.8 Å². The summed E-state index contributed by atoms with van der Waals surface area (Å²) in [7, 11) is 0. The maximum atomic E-state index is 12.8. The second kappa shape index (κ2) is 7.05. The molecule has 0 atom stereocenters. The summed E-state index contributed by atoms with van der Waals surface area (Å²) in [5, 5.41) is 4.81. The summed E-state index contributed by atoms with van der Waals surface area (Å²) in [4.78, 5) is 33.5.